The second-order valence-electron chi connectivity index (χ2n) is 4.33. The van der Waals surface area contributed by atoms with Crippen LogP contribution in [0.2, 0.25) is 0 Å². The van der Waals surface area contributed by atoms with Crippen LogP contribution in [0.15, 0.2) is 42.5 Å². The van der Waals surface area contributed by atoms with E-state index in [2.05, 4.69) is 6.07 Å². The number of benzene rings is 3. The number of nitriles is 1. The third kappa shape index (κ3) is 1.50. The highest BCUT2D eigenvalue weighted by atomic mass is 16.5. The zero-order chi connectivity index (χ0) is 13.4. The molecule has 0 amide bonds. The SMILES string of the molecule is COc1cccc2c1c(N)c(C#N)c1ccccc12. The number of nitrogen functional groups attached to an aromatic ring is 1. The van der Waals surface area contributed by atoms with Crippen LogP contribution in [-0.4, -0.2) is 7.11 Å². The van der Waals surface area contributed by atoms with Crippen LogP contribution in [-0.2, 0) is 0 Å². The molecule has 0 aliphatic heterocycles. The normalized spacial score (nSPS) is 10.5. The van der Waals surface area contributed by atoms with Gasteiger partial charge >= 0.3 is 0 Å². The third-order valence-electron chi connectivity index (χ3n) is 3.38. The fourth-order valence-electron chi connectivity index (χ4n) is 2.53. The van der Waals surface area contributed by atoms with E-state index < -0.39 is 0 Å². The molecule has 0 fully saturated rings. The van der Waals surface area contributed by atoms with Gasteiger partial charge in [0.2, 0.25) is 0 Å². The number of fused-ring (bicyclic) bond motifs is 3. The van der Waals surface area contributed by atoms with Crippen LogP contribution < -0.4 is 10.5 Å². The summed E-state index contributed by atoms with van der Waals surface area (Å²) in [5.41, 5.74) is 7.16. The van der Waals surface area contributed by atoms with Gasteiger partial charge in [-0.3, -0.25) is 0 Å². The zero-order valence-electron chi connectivity index (χ0n) is 10.5. The number of nitrogens with zero attached hydrogens (tertiary/aromatic N) is 1. The smallest absolute Gasteiger partial charge is 0.128 e. The summed E-state index contributed by atoms with van der Waals surface area (Å²) in [4.78, 5) is 0. The molecule has 0 bridgehead atoms. The van der Waals surface area contributed by atoms with E-state index in [4.69, 9.17) is 10.5 Å². The molecule has 0 unspecified atom stereocenters. The number of nitrogens with two attached hydrogens (primary N) is 1. The monoisotopic (exact) mass is 248 g/mol. The average molecular weight is 248 g/mol. The van der Waals surface area contributed by atoms with Gasteiger partial charge in [0.25, 0.3) is 0 Å². The minimum atomic E-state index is 0.480. The lowest BCUT2D eigenvalue weighted by atomic mass is 9.95. The van der Waals surface area contributed by atoms with Crippen LogP contribution in [0.25, 0.3) is 21.5 Å². The molecule has 19 heavy (non-hydrogen) atoms. The van der Waals surface area contributed by atoms with Crippen LogP contribution in [0.1, 0.15) is 5.56 Å². The summed E-state index contributed by atoms with van der Waals surface area (Å²) in [6.45, 7) is 0. The number of rotatable bonds is 1. The van der Waals surface area contributed by atoms with Gasteiger partial charge in [-0.15, -0.1) is 0 Å². The van der Waals surface area contributed by atoms with E-state index in [1.165, 1.54) is 0 Å². The van der Waals surface area contributed by atoms with E-state index in [-0.39, 0.29) is 0 Å². The van der Waals surface area contributed by atoms with Crippen molar-refractivity contribution in [2.75, 3.05) is 12.8 Å². The Morgan fingerprint density at radius 3 is 2.37 bits per heavy atom. The highest BCUT2D eigenvalue weighted by Gasteiger charge is 2.14. The Kier molecular flexibility index (Phi) is 2.50. The molecule has 0 heterocycles. The van der Waals surface area contributed by atoms with Crippen LogP contribution in [0.3, 0.4) is 0 Å². The highest BCUT2D eigenvalue weighted by molar-refractivity contribution is 6.17. The van der Waals surface area contributed by atoms with Crippen molar-refractivity contribution in [1.29, 1.82) is 5.26 Å². The Hall–Kier alpha value is -2.73. The standard InChI is InChI=1S/C16H12N2O/c1-19-14-8-4-7-12-10-5-2-3-6-11(10)13(9-17)16(18)15(12)14/h2-8H,18H2,1H3. The third-order valence-corrected chi connectivity index (χ3v) is 3.38. The van der Waals surface area contributed by atoms with E-state index in [1.807, 2.05) is 42.5 Å². The summed E-state index contributed by atoms with van der Waals surface area (Å²) in [7, 11) is 1.61. The van der Waals surface area contributed by atoms with E-state index in [0.717, 1.165) is 21.5 Å². The molecule has 3 aromatic rings. The van der Waals surface area contributed by atoms with Crippen molar-refractivity contribution in [2.24, 2.45) is 0 Å². The Balaban J connectivity index is 2.67. The van der Waals surface area contributed by atoms with Crippen molar-refractivity contribution in [2.45, 2.75) is 0 Å². The average Bonchev–Trinajstić information content (AvgIpc) is 2.47. The largest absolute Gasteiger partial charge is 0.496 e. The van der Waals surface area contributed by atoms with Crippen molar-refractivity contribution in [3.8, 4) is 11.8 Å². The van der Waals surface area contributed by atoms with Crippen molar-refractivity contribution >= 4 is 27.2 Å². The Bertz CT molecular complexity index is 831. The van der Waals surface area contributed by atoms with E-state index in [0.29, 0.717) is 17.0 Å². The van der Waals surface area contributed by atoms with Crippen molar-refractivity contribution in [1.82, 2.24) is 0 Å². The van der Waals surface area contributed by atoms with E-state index >= 15 is 0 Å². The highest BCUT2D eigenvalue weighted by Crippen LogP contribution is 2.38. The van der Waals surface area contributed by atoms with Crippen molar-refractivity contribution < 1.29 is 4.74 Å². The van der Waals surface area contributed by atoms with Gasteiger partial charge in [-0.2, -0.15) is 5.26 Å². The van der Waals surface area contributed by atoms with Crippen LogP contribution in [0, 0.1) is 11.3 Å². The van der Waals surface area contributed by atoms with Gasteiger partial charge in [0.1, 0.15) is 11.8 Å². The first-order chi connectivity index (χ1) is 9.27. The molecule has 3 nitrogen and oxygen atoms in total. The minimum Gasteiger partial charge on any atom is -0.496 e. The van der Waals surface area contributed by atoms with Crippen LogP contribution >= 0.6 is 0 Å². The summed E-state index contributed by atoms with van der Waals surface area (Å²) < 4.78 is 5.37. The topological polar surface area (TPSA) is 59.0 Å². The second kappa shape index (κ2) is 4.18. The van der Waals surface area contributed by atoms with Crippen LogP contribution in [0.5, 0.6) is 5.75 Å². The summed E-state index contributed by atoms with van der Waals surface area (Å²) in [5, 5.41) is 13.1. The van der Waals surface area contributed by atoms with E-state index in [1.54, 1.807) is 7.11 Å². The molecule has 3 rings (SSSR count). The Labute approximate surface area is 110 Å². The lowest BCUT2D eigenvalue weighted by Crippen LogP contribution is -1.96. The lowest BCUT2D eigenvalue weighted by molar-refractivity contribution is 0.420. The molecule has 0 saturated carbocycles. The fraction of sp³-hybridized carbons (Fsp3) is 0.0625. The first kappa shape index (κ1) is 11.4. The van der Waals surface area contributed by atoms with Crippen LogP contribution in [0.4, 0.5) is 5.69 Å². The zero-order valence-corrected chi connectivity index (χ0v) is 10.5. The number of anilines is 1. The molecule has 0 aliphatic rings. The molecular weight excluding hydrogens is 236 g/mol. The van der Waals surface area contributed by atoms with Gasteiger partial charge in [0.05, 0.1) is 18.4 Å². The number of ether oxygens (including phenoxy) is 1. The first-order valence-corrected chi connectivity index (χ1v) is 5.95. The van der Waals surface area contributed by atoms with Gasteiger partial charge in [-0.05, 0) is 16.8 Å². The van der Waals surface area contributed by atoms with E-state index in [9.17, 15) is 5.26 Å². The predicted molar refractivity (Wildman–Crippen MR) is 77.1 cm³/mol. The molecule has 0 atom stereocenters. The molecule has 3 aromatic carbocycles. The number of methoxy groups -OCH3 is 1. The molecule has 0 saturated heterocycles. The van der Waals surface area contributed by atoms with Gasteiger partial charge in [0, 0.05) is 10.8 Å². The summed E-state index contributed by atoms with van der Waals surface area (Å²) in [5.74, 6) is 0.692. The van der Waals surface area contributed by atoms with Gasteiger partial charge in [-0.25, -0.2) is 0 Å². The molecular formula is C16H12N2O. The predicted octanol–water partition coefficient (Wildman–Crippen LogP) is 3.46. The molecule has 92 valence electrons. The van der Waals surface area contributed by atoms with Gasteiger partial charge < -0.3 is 10.5 Å². The van der Waals surface area contributed by atoms with Gasteiger partial charge in [-0.1, -0.05) is 36.4 Å². The molecule has 3 heteroatoms. The summed E-state index contributed by atoms with van der Waals surface area (Å²) in [6.07, 6.45) is 0. The fourth-order valence-corrected chi connectivity index (χ4v) is 2.53. The number of hydrogen-bond donors (Lipinski definition) is 1. The second-order valence-corrected chi connectivity index (χ2v) is 4.33. The maximum Gasteiger partial charge on any atom is 0.128 e. The molecule has 0 aromatic heterocycles. The Morgan fingerprint density at radius 2 is 1.68 bits per heavy atom. The summed E-state index contributed by atoms with van der Waals surface area (Å²) in [6, 6.07) is 15.8. The van der Waals surface area contributed by atoms with Gasteiger partial charge in [0.15, 0.2) is 0 Å². The minimum absolute atomic E-state index is 0.480. The number of hydrogen-bond acceptors (Lipinski definition) is 3. The van der Waals surface area contributed by atoms with Crippen molar-refractivity contribution in [3.63, 3.8) is 0 Å². The molecule has 0 aliphatic carbocycles. The molecule has 0 spiro atoms. The quantitative estimate of drug-likeness (QED) is 0.530. The Morgan fingerprint density at radius 1 is 1.00 bits per heavy atom. The van der Waals surface area contributed by atoms with Crippen molar-refractivity contribution in [3.05, 3.63) is 48.0 Å². The lowest BCUT2D eigenvalue weighted by Gasteiger charge is -2.12. The molecule has 2 N–H and O–H groups in total. The maximum atomic E-state index is 9.37. The first-order valence-electron chi connectivity index (χ1n) is 5.95. The molecule has 0 radical (unpaired) electrons. The maximum absolute atomic E-state index is 9.37. The summed E-state index contributed by atoms with van der Waals surface area (Å²) >= 11 is 0.